The summed E-state index contributed by atoms with van der Waals surface area (Å²) in [4.78, 5) is 3.76. The molecule has 1 saturated heterocycles. The summed E-state index contributed by atoms with van der Waals surface area (Å²) in [5.41, 5.74) is 0. The van der Waals surface area contributed by atoms with E-state index in [1.54, 1.807) is 11.3 Å². The fourth-order valence-corrected chi connectivity index (χ4v) is 3.34. The van der Waals surface area contributed by atoms with Gasteiger partial charge in [-0.1, -0.05) is 11.6 Å². The van der Waals surface area contributed by atoms with E-state index >= 15 is 0 Å². The van der Waals surface area contributed by atoms with Crippen molar-refractivity contribution in [1.82, 2.24) is 10.2 Å². The van der Waals surface area contributed by atoms with Crippen LogP contribution in [0.1, 0.15) is 17.7 Å². The monoisotopic (exact) mass is 258 g/mol. The Hall–Kier alpha value is -0.0900. The lowest BCUT2D eigenvalue weighted by Crippen LogP contribution is -2.37. The van der Waals surface area contributed by atoms with Crippen molar-refractivity contribution in [2.75, 3.05) is 26.7 Å². The number of nitrogens with zero attached hydrogens (tertiary/aromatic N) is 1. The van der Waals surface area contributed by atoms with Gasteiger partial charge in [0.05, 0.1) is 4.34 Å². The Morgan fingerprint density at radius 3 is 3.12 bits per heavy atom. The van der Waals surface area contributed by atoms with Crippen molar-refractivity contribution in [3.8, 4) is 0 Å². The highest BCUT2D eigenvalue weighted by Gasteiger charge is 2.16. The van der Waals surface area contributed by atoms with Gasteiger partial charge in [-0.05, 0) is 51.0 Å². The molecule has 0 aliphatic carbocycles. The first-order valence-electron chi connectivity index (χ1n) is 5.87. The average Bonchev–Trinajstić information content (AvgIpc) is 2.64. The maximum Gasteiger partial charge on any atom is 0.0931 e. The highest BCUT2D eigenvalue weighted by molar-refractivity contribution is 7.16. The summed E-state index contributed by atoms with van der Waals surface area (Å²) >= 11 is 7.56. The number of piperidine rings is 1. The summed E-state index contributed by atoms with van der Waals surface area (Å²) in [5.74, 6) is 0.814. The van der Waals surface area contributed by atoms with E-state index in [2.05, 4.69) is 23.3 Å². The van der Waals surface area contributed by atoms with Gasteiger partial charge in [0.1, 0.15) is 0 Å². The number of likely N-dealkylation sites (tertiary alicyclic amines) is 1. The quantitative estimate of drug-likeness (QED) is 0.894. The van der Waals surface area contributed by atoms with Crippen LogP contribution in [0.3, 0.4) is 0 Å². The zero-order valence-electron chi connectivity index (χ0n) is 9.71. The van der Waals surface area contributed by atoms with Gasteiger partial charge in [-0.15, -0.1) is 11.3 Å². The summed E-state index contributed by atoms with van der Waals surface area (Å²) in [5, 5.41) is 3.53. The highest BCUT2D eigenvalue weighted by atomic mass is 35.5. The molecule has 1 atom stereocenters. The van der Waals surface area contributed by atoms with Crippen LogP contribution < -0.4 is 5.32 Å². The molecular weight excluding hydrogens is 240 g/mol. The van der Waals surface area contributed by atoms with Crippen molar-refractivity contribution in [3.05, 3.63) is 21.3 Å². The van der Waals surface area contributed by atoms with Crippen LogP contribution in [0.15, 0.2) is 12.1 Å². The zero-order chi connectivity index (χ0) is 11.4. The molecule has 0 spiro atoms. The van der Waals surface area contributed by atoms with Crippen LogP contribution >= 0.6 is 22.9 Å². The third-order valence-electron chi connectivity index (χ3n) is 3.08. The van der Waals surface area contributed by atoms with Gasteiger partial charge in [-0.25, -0.2) is 0 Å². The lowest BCUT2D eigenvalue weighted by Gasteiger charge is -2.29. The largest absolute Gasteiger partial charge is 0.312 e. The van der Waals surface area contributed by atoms with Gasteiger partial charge in [0.15, 0.2) is 0 Å². The molecule has 0 amide bonds. The fourth-order valence-electron chi connectivity index (χ4n) is 2.29. The van der Waals surface area contributed by atoms with Crippen LogP contribution in [0.5, 0.6) is 0 Å². The highest BCUT2D eigenvalue weighted by Crippen LogP contribution is 2.21. The number of hydrogen-bond donors (Lipinski definition) is 1. The molecule has 2 heterocycles. The standard InChI is InChI=1S/C12H19ClN2S/c1-15-6-2-3-10(9-15)7-14-8-11-4-5-12(13)16-11/h4-5,10,14H,2-3,6-9H2,1H3. The third-order valence-corrected chi connectivity index (χ3v) is 4.31. The minimum atomic E-state index is 0.814. The molecule has 1 aliphatic heterocycles. The topological polar surface area (TPSA) is 15.3 Å². The third kappa shape index (κ3) is 3.74. The molecule has 1 unspecified atom stereocenters. The van der Waals surface area contributed by atoms with E-state index in [9.17, 15) is 0 Å². The van der Waals surface area contributed by atoms with E-state index in [0.717, 1.165) is 23.3 Å². The Balaban J connectivity index is 1.67. The summed E-state index contributed by atoms with van der Waals surface area (Å²) in [7, 11) is 2.21. The first-order chi connectivity index (χ1) is 7.74. The van der Waals surface area contributed by atoms with Crippen LogP contribution in [0.25, 0.3) is 0 Å². The van der Waals surface area contributed by atoms with Crippen molar-refractivity contribution in [2.24, 2.45) is 5.92 Å². The van der Waals surface area contributed by atoms with Crippen molar-refractivity contribution in [3.63, 3.8) is 0 Å². The van der Waals surface area contributed by atoms with Gasteiger partial charge in [-0.2, -0.15) is 0 Å². The number of hydrogen-bond acceptors (Lipinski definition) is 3. The Morgan fingerprint density at radius 1 is 1.56 bits per heavy atom. The molecule has 2 nitrogen and oxygen atoms in total. The summed E-state index contributed by atoms with van der Waals surface area (Å²) in [6.07, 6.45) is 2.70. The Labute approximate surface area is 107 Å². The second kappa shape index (κ2) is 6.01. The minimum absolute atomic E-state index is 0.814. The minimum Gasteiger partial charge on any atom is -0.312 e. The molecule has 90 valence electrons. The summed E-state index contributed by atoms with van der Waals surface area (Å²) in [6.45, 7) is 4.58. The first kappa shape index (κ1) is 12.4. The Bertz CT molecular complexity index is 327. The predicted molar refractivity (Wildman–Crippen MR) is 71.3 cm³/mol. The lowest BCUT2D eigenvalue weighted by atomic mass is 9.98. The smallest absolute Gasteiger partial charge is 0.0931 e. The number of rotatable bonds is 4. The van der Waals surface area contributed by atoms with Crippen molar-refractivity contribution >= 4 is 22.9 Å². The molecule has 1 aromatic rings. The SMILES string of the molecule is CN1CCCC(CNCc2ccc(Cl)s2)C1. The molecule has 4 heteroatoms. The molecule has 1 fully saturated rings. The Morgan fingerprint density at radius 2 is 2.44 bits per heavy atom. The van der Waals surface area contributed by atoms with Crippen molar-refractivity contribution in [2.45, 2.75) is 19.4 Å². The fraction of sp³-hybridized carbons (Fsp3) is 0.667. The van der Waals surface area contributed by atoms with Crippen LogP contribution in [-0.2, 0) is 6.54 Å². The van der Waals surface area contributed by atoms with Crippen molar-refractivity contribution < 1.29 is 0 Å². The number of nitrogens with one attached hydrogen (secondary N) is 1. The van der Waals surface area contributed by atoms with E-state index in [0.29, 0.717) is 0 Å². The zero-order valence-corrected chi connectivity index (χ0v) is 11.3. The van der Waals surface area contributed by atoms with Gasteiger partial charge in [-0.3, -0.25) is 0 Å². The second-order valence-corrected chi connectivity index (χ2v) is 6.41. The Kier molecular flexibility index (Phi) is 4.65. The number of halogens is 1. The molecule has 16 heavy (non-hydrogen) atoms. The van der Waals surface area contributed by atoms with E-state index < -0.39 is 0 Å². The molecule has 0 radical (unpaired) electrons. The lowest BCUT2D eigenvalue weighted by molar-refractivity contribution is 0.206. The van der Waals surface area contributed by atoms with Gasteiger partial charge in [0, 0.05) is 18.0 Å². The predicted octanol–water partition coefficient (Wildman–Crippen LogP) is 2.83. The second-order valence-electron chi connectivity index (χ2n) is 4.61. The van der Waals surface area contributed by atoms with Crippen molar-refractivity contribution in [1.29, 1.82) is 0 Å². The van der Waals surface area contributed by atoms with E-state index in [1.807, 2.05) is 6.07 Å². The maximum absolute atomic E-state index is 5.89. The average molecular weight is 259 g/mol. The van der Waals surface area contributed by atoms with Crippen LogP contribution in [0.2, 0.25) is 4.34 Å². The molecule has 1 aliphatic rings. The normalized spacial score (nSPS) is 22.5. The van der Waals surface area contributed by atoms with E-state index in [-0.39, 0.29) is 0 Å². The molecule has 1 aromatic heterocycles. The molecule has 2 rings (SSSR count). The molecular formula is C12H19ClN2S. The molecule has 0 saturated carbocycles. The first-order valence-corrected chi connectivity index (χ1v) is 7.07. The van der Waals surface area contributed by atoms with Crippen LogP contribution in [0, 0.1) is 5.92 Å². The maximum atomic E-state index is 5.89. The van der Waals surface area contributed by atoms with Gasteiger partial charge < -0.3 is 10.2 Å². The van der Waals surface area contributed by atoms with E-state index in [4.69, 9.17) is 11.6 Å². The molecule has 0 bridgehead atoms. The van der Waals surface area contributed by atoms with Gasteiger partial charge in [0.2, 0.25) is 0 Å². The van der Waals surface area contributed by atoms with Crippen LogP contribution in [0.4, 0.5) is 0 Å². The summed E-state index contributed by atoms with van der Waals surface area (Å²) < 4.78 is 0.884. The molecule has 1 N–H and O–H groups in total. The summed E-state index contributed by atoms with van der Waals surface area (Å²) in [6, 6.07) is 4.07. The number of thiophene rings is 1. The molecule has 0 aromatic carbocycles. The van der Waals surface area contributed by atoms with Crippen LogP contribution in [-0.4, -0.2) is 31.6 Å². The van der Waals surface area contributed by atoms with E-state index in [1.165, 1.54) is 30.8 Å². The van der Waals surface area contributed by atoms with Gasteiger partial charge in [0.25, 0.3) is 0 Å². The van der Waals surface area contributed by atoms with Gasteiger partial charge >= 0.3 is 0 Å².